The summed E-state index contributed by atoms with van der Waals surface area (Å²) in [4.78, 5) is 20.4. The van der Waals surface area contributed by atoms with Gasteiger partial charge in [0.05, 0.1) is 17.2 Å². The Morgan fingerprint density at radius 3 is 2.43 bits per heavy atom. The number of hydrogen-bond donors (Lipinski definition) is 2. The minimum atomic E-state index is -0.454. The third-order valence-electron chi connectivity index (χ3n) is 5.72. The van der Waals surface area contributed by atoms with Crippen LogP contribution in [0.1, 0.15) is 29.7 Å². The van der Waals surface area contributed by atoms with Crippen molar-refractivity contribution in [2.45, 2.75) is 18.7 Å². The number of thioether (sulfide) groups is 1. The van der Waals surface area contributed by atoms with E-state index in [-0.39, 0.29) is 5.91 Å². The Hall–Kier alpha value is -4.02. The summed E-state index contributed by atoms with van der Waals surface area (Å²) in [6.07, 6.45) is 0. The molecule has 1 atom stereocenters. The number of nitrogens with one attached hydrogen (secondary N) is 2. The van der Waals surface area contributed by atoms with Crippen molar-refractivity contribution < 1.29 is 4.79 Å². The first-order valence-electron chi connectivity index (χ1n) is 11.3. The summed E-state index contributed by atoms with van der Waals surface area (Å²) < 4.78 is 0. The average Bonchev–Trinajstić information content (AvgIpc) is 2.87. The van der Waals surface area contributed by atoms with Gasteiger partial charge in [-0.25, -0.2) is 4.99 Å². The van der Waals surface area contributed by atoms with Crippen molar-refractivity contribution >= 4 is 34.2 Å². The lowest BCUT2D eigenvalue weighted by Crippen LogP contribution is -2.32. The zero-order chi connectivity index (χ0) is 24.8. The molecule has 176 valence electrons. The summed E-state index contributed by atoms with van der Waals surface area (Å²) in [6.45, 7) is 1.90. The number of para-hydroxylation sites is 1. The van der Waals surface area contributed by atoms with E-state index < -0.39 is 6.04 Å². The Balaban J connectivity index is 1.64. The molecule has 0 saturated carbocycles. The van der Waals surface area contributed by atoms with Gasteiger partial charge in [0.25, 0.3) is 5.91 Å². The highest BCUT2D eigenvalue weighted by molar-refractivity contribution is 8.13. The summed E-state index contributed by atoms with van der Waals surface area (Å²) >= 11 is 1.52. The van der Waals surface area contributed by atoms with E-state index in [0.29, 0.717) is 22.1 Å². The maximum atomic E-state index is 13.4. The first-order chi connectivity index (χ1) is 17.0. The van der Waals surface area contributed by atoms with Gasteiger partial charge >= 0.3 is 0 Å². The number of aliphatic imine (C=N–C) groups is 1. The van der Waals surface area contributed by atoms with Crippen LogP contribution in [0.5, 0.6) is 0 Å². The Bertz CT molecular complexity index is 1310. The standard InChI is InChI=1S/C28H27N5OS/c1-19-25(27(34)31-23-11-5-4-6-12-23)26(20-13-15-24(16-14-20)33(2)3)32-28(30-19)35-18-22-10-8-7-9-21(22)17-29/h4-16,26H,18H2,1-3H3,(H,30,32)(H,31,34)/t26-/m0/s1. The number of anilines is 2. The van der Waals surface area contributed by atoms with Crippen molar-refractivity contribution in [1.82, 2.24) is 5.32 Å². The zero-order valence-electron chi connectivity index (χ0n) is 19.9. The summed E-state index contributed by atoms with van der Waals surface area (Å²) in [7, 11) is 3.99. The van der Waals surface area contributed by atoms with E-state index >= 15 is 0 Å². The van der Waals surface area contributed by atoms with Crippen LogP contribution in [0.3, 0.4) is 0 Å². The number of nitriles is 1. The highest BCUT2D eigenvalue weighted by atomic mass is 32.2. The van der Waals surface area contributed by atoms with Crippen LogP contribution >= 0.6 is 11.8 Å². The van der Waals surface area contributed by atoms with Crippen LogP contribution in [0, 0.1) is 11.3 Å². The molecule has 0 fully saturated rings. The molecule has 0 radical (unpaired) electrons. The highest BCUT2D eigenvalue weighted by Crippen LogP contribution is 2.34. The number of hydrogen-bond acceptors (Lipinski definition) is 6. The van der Waals surface area contributed by atoms with Gasteiger partial charge in [-0.05, 0) is 48.4 Å². The number of carbonyl (C=O) groups excluding carboxylic acids is 1. The van der Waals surface area contributed by atoms with Gasteiger partial charge in [0.15, 0.2) is 5.17 Å². The Morgan fingerprint density at radius 2 is 1.74 bits per heavy atom. The molecule has 1 aliphatic heterocycles. The van der Waals surface area contributed by atoms with Crippen LogP contribution < -0.4 is 15.5 Å². The van der Waals surface area contributed by atoms with E-state index in [2.05, 4.69) is 16.7 Å². The minimum Gasteiger partial charge on any atom is -0.378 e. The molecule has 1 amide bonds. The summed E-state index contributed by atoms with van der Waals surface area (Å²) in [5.41, 5.74) is 5.68. The van der Waals surface area contributed by atoms with Crippen molar-refractivity contribution in [2.24, 2.45) is 4.99 Å². The van der Waals surface area contributed by atoms with Gasteiger partial charge in [0.2, 0.25) is 0 Å². The number of nitrogens with zero attached hydrogens (tertiary/aromatic N) is 3. The van der Waals surface area contributed by atoms with Crippen LogP contribution in [0.2, 0.25) is 0 Å². The fourth-order valence-electron chi connectivity index (χ4n) is 3.83. The van der Waals surface area contributed by atoms with Gasteiger partial charge in [-0.15, -0.1) is 0 Å². The van der Waals surface area contributed by atoms with Gasteiger partial charge in [0, 0.05) is 36.9 Å². The molecule has 4 rings (SSSR count). The van der Waals surface area contributed by atoms with Crippen LogP contribution in [0.25, 0.3) is 0 Å². The smallest absolute Gasteiger partial charge is 0.255 e. The van der Waals surface area contributed by atoms with Crippen LogP contribution in [-0.4, -0.2) is 25.2 Å². The first kappa shape index (κ1) is 24.1. The van der Waals surface area contributed by atoms with Gasteiger partial charge in [0.1, 0.15) is 6.04 Å². The normalized spacial score (nSPS) is 15.0. The molecule has 0 saturated heterocycles. The second-order valence-electron chi connectivity index (χ2n) is 8.36. The maximum absolute atomic E-state index is 13.4. The van der Waals surface area contributed by atoms with Gasteiger partial charge in [-0.1, -0.05) is 60.3 Å². The lowest BCUT2D eigenvalue weighted by atomic mass is 9.95. The quantitative estimate of drug-likeness (QED) is 0.488. The van der Waals surface area contributed by atoms with Gasteiger partial charge < -0.3 is 15.5 Å². The molecule has 0 unspecified atom stereocenters. The van der Waals surface area contributed by atoms with Crippen molar-refractivity contribution in [3.8, 4) is 6.07 Å². The number of carbonyl (C=O) groups is 1. The molecule has 7 heteroatoms. The van der Waals surface area contributed by atoms with Gasteiger partial charge in [-0.2, -0.15) is 5.26 Å². The largest absolute Gasteiger partial charge is 0.378 e. The molecule has 35 heavy (non-hydrogen) atoms. The lowest BCUT2D eigenvalue weighted by Gasteiger charge is -2.27. The Labute approximate surface area is 210 Å². The van der Waals surface area contributed by atoms with E-state index in [1.807, 2.05) is 105 Å². The van der Waals surface area contributed by atoms with Crippen molar-refractivity contribution in [2.75, 3.05) is 24.3 Å². The zero-order valence-corrected chi connectivity index (χ0v) is 20.8. The average molecular weight is 482 g/mol. The van der Waals surface area contributed by atoms with E-state index in [4.69, 9.17) is 4.99 Å². The molecule has 6 nitrogen and oxygen atoms in total. The fourth-order valence-corrected chi connectivity index (χ4v) is 4.78. The van der Waals surface area contributed by atoms with Gasteiger partial charge in [-0.3, -0.25) is 4.79 Å². The lowest BCUT2D eigenvalue weighted by molar-refractivity contribution is -0.113. The summed E-state index contributed by atoms with van der Waals surface area (Å²) in [5.74, 6) is 0.409. The number of amidine groups is 1. The molecule has 0 spiro atoms. The molecule has 0 aromatic heterocycles. The minimum absolute atomic E-state index is 0.189. The van der Waals surface area contributed by atoms with E-state index in [9.17, 15) is 10.1 Å². The second-order valence-corrected chi connectivity index (χ2v) is 9.33. The predicted octanol–water partition coefficient (Wildman–Crippen LogP) is 5.47. The predicted molar refractivity (Wildman–Crippen MR) is 144 cm³/mol. The van der Waals surface area contributed by atoms with E-state index in [0.717, 1.165) is 28.2 Å². The van der Waals surface area contributed by atoms with Crippen molar-refractivity contribution in [1.29, 1.82) is 5.26 Å². The van der Waals surface area contributed by atoms with E-state index in [1.165, 1.54) is 11.8 Å². The molecule has 3 aromatic carbocycles. The van der Waals surface area contributed by atoms with Crippen molar-refractivity contribution in [3.05, 3.63) is 107 Å². The molecular weight excluding hydrogens is 454 g/mol. The second kappa shape index (κ2) is 10.9. The third kappa shape index (κ3) is 5.73. The Kier molecular flexibility index (Phi) is 7.54. The molecule has 0 aliphatic carbocycles. The number of allylic oxidation sites excluding steroid dienone is 1. The van der Waals surface area contributed by atoms with E-state index in [1.54, 1.807) is 0 Å². The number of amides is 1. The monoisotopic (exact) mass is 481 g/mol. The molecule has 3 aromatic rings. The van der Waals surface area contributed by atoms with Crippen molar-refractivity contribution in [3.63, 3.8) is 0 Å². The summed E-state index contributed by atoms with van der Waals surface area (Å²) in [5, 5.41) is 16.4. The highest BCUT2D eigenvalue weighted by Gasteiger charge is 2.29. The fraction of sp³-hybridized carbons (Fsp3) is 0.179. The first-order valence-corrected chi connectivity index (χ1v) is 12.2. The molecule has 2 N–H and O–H groups in total. The third-order valence-corrected chi connectivity index (χ3v) is 6.66. The topological polar surface area (TPSA) is 80.5 Å². The molecule has 1 aliphatic rings. The van der Waals surface area contributed by atoms with Crippen LogP contribution in [-0.2, 0) is 10.5 Å². The Morgan fingerprint density at radius 1 is 1.06 bits per heavy atom. The summed E-state index contributed by atoms with van der Waals surface area (Å²) in [6, 6.07) is 26.9. The SMILES string of the molecule is CC1=C(C(=O)Nc2ccccc2)[C@H](c2ccc(N(C)C)cc2)N=C(SCc2ccccc2C#N)N1. The van der Waals surface area contributed by atoms with Crippen LogP contribution in [0.15, 0.2) is 95.1 Å². The maximum Gasteiger partial charge on any atom is 0.255 e. The molecule has 1 heterocycles. The molecule has 0 bridgehead atoms. The number of rotatable bonds is 6. The van der Waals surface area contributed by atoms with Crippen LogP contribution in [0.4, 0.5) is 11.4 Å². The molecular formula is C28H27N5OS. The number of benzene rings is 3.